The van der Waals surface area contributed by atoms with Gasteiger partial charge in [-0.1, -0.05) is 15.9 Å². The summed E-state index contributed by atoms with van der Waals surface area (Å²) in [5.41, 5.74) is 3.00. The van der Waals surface area contributed by atoms with E-state index in [4.69, 9.17) is 0 Å². The first-order valence-corrected chi connectivity index (χ1v) is 9.39. The molecule has 5 nitrogen and oxygen atoms in total. The van der Waals surface area contributed by atoms with Crippen molar-refractivity contribution in [3.63, 3.8) is 0 Å². The number of nitrogens with zero attached hydrogens (tertiary/aromatic N) is 4. The third kappa shape index (κ3) is 2.98. The molecule has 2 heterocycles. The molecule has 1 aliphatic carbocycles. The Hall–Kier alpha value is -1.37. The van der Waals surface area contributed by atoms with Crippen LogP contribution in [0, 0.1) is 0 Å². The fraction of sp³-hybridized carbons (Fsp3) is 0.500. The Kier molecular flexibility index (Phi) is 4.37. The molecule has 0 spiro atoms. The summed E-state index contributed by atoms with van der Waals surface area (Å²) in [5, 5.41) is 15.4. The van der Waals surface area contributed by atoms with Crippen molar-refractivity contribution in [2.45, 2.75) is 25.3 Å². The van der Waals surface area contributed by atoms with Crippen LogP contribution in [0.3, 0.4) is 0 Å². The summed E-state index contributed by atoms with van der Waals surface area (Å²) in [6.45, 7) is 4.51. The Labute approximate surface area is 151 Å². The van der Waals surface area contributed by atoms with Gasteiger partial charge in [0.1, 0.15) is 0 Å². The van der Waals surface area contributed by atoms with Crippen molar-refractivity contribution in [1.82, 2.24) is 19.6 Å². The molecule has 4 rings (SSSR count). The Morgan fingerprint density at radius 3 is 2.54 bits per heavy atom. The third-order valence-corrected chi connectivity index (χ3v) is 5.85. The molecule has 0 saturated carbocycles. The Balaban J connectivity index is 1.57. The molecule has 1 atom stereocenters. The number of likely N-dealkylation sites (N-methyl/N-ethyl adjacent to an activating group) is 1. The number of hydrogen-bond donors (Lipinski definition) is 1. The van der Waals surface area contributed by atoms with Crippen molar-refractivity contribution in [2.75, 3.05) is 33.2 Å². The molecule has 0 bridgehead atoms. The van der Waals surface area contributed by atoms with E-state index < -0.39 is 0 Å². The van der Waals surface area contributed by atoms with Crippen molar-refractivity contribution >= 4 is 15.9 Å². The zero-order chi connectivity index (χ0) is 16.7. The lowest BCUT2D eigenvalue weighted by molar-refractivity contribution is 0.103. The summed E-state index contributed by atoms with van der Waals surface area (Å²) in [5.74, 6) is 0.311. The average Bonchev–Trinajstić information content (AvgIpc) is 2.93. The van der Waals surface area contributed by atoms with E-state index in [9.17, 15) is 5.11 Å². The molecule has 128 valence electrons. The molecular weight excluding hydrogens is 368 g/mol. The largest absolute Gasteiger partial charge is 0.493 e. The van der Waals surface area contributed by atoms with Crippen LogP contribution in [0.2, 0.25) is 0 Å². The summed E-state index contributed by atoms with van der Waals surface area (Å²) < 4.78 is 2.71. The van der Waals surface area contributed by atoms with Gasteiger partial charge in [0.05, 0.1) is 11.4 Å². The zero-order valence-corrected chi connectivity index (χ0v) is 15.5. The number of aryl methyl sites for hydroxylation is 1. The molecule has 1 aliphatic heterocycles. The first kappa shape index (κ1) is 16.1. The van der Waals surface area contributed by atoms with Gasteiger partial charge >= 0.3 is 0 Å². The number of piperazine rings is 1. The molecule has 1 aromatic carbocycles. The van der Waals surface area contributed by atoms with Crippen LogP contribution in [0.1, 0.15) is 17.7 Å². The molecule has 0 radical (unpaired) electrons. The van der Waals surface area contributed by atoms with Gasteiger partial charge in [0.15, 0.2) is 0 Å². The highest BCUT2D eigenvalue weighted by molar-refractivity contribution is 9.10. The number of aromatic nitrogens is 2. The van der Waals surface area contributed by atoms with E-state index in [-0.39, 0.29) is 0 Å². The third-order valence-electron chi connectivity index (χ3n) is 5.32. The Morgan fingerprint density at radius 1 is 1.12 bits per heavy atom. The highest BCUT2D eigenvalue weighted by atomic mass is 79.9. The normalized spacial score (nSPS) is 22.5. The van der Waals surface area contributed by atoms with Gasteiger partial charge in [-0.15, -0.1) is 0 Å². The summed E-state index contributed by atoms with van der Waals surface area (Å²) in [6, 6.07) is 8.42. The molecule has 1 N–H and O–H groups in total. The first-order chi connectivity index (χ1) is 11.6. The number of benzene rings is 1. The van der Waals surface area contributed by atoms with Crippen molar-refractivity contribution in [1.29, 1.82) is 0 Å². The highest BCUT2D eigenvalue weighted by Crippen LogP contribution is 2.33. The van der Waals surface area contributed by atoms with Crippen LogP contribution in [0.4, 0.5) is 0 Å². The van der Waals surface area contributed by atoms with Crippen molar-refractivity contribution in [2.24, 2.45) is 0 Å². The minimum Gasteiger partial charge on any atom is -0.493 e. The predicted molar refractivity (Wildman–Crippen MR) is 97.8 cm³/mol. The summed E-state index contributed by atoms with van der Waals surface area (Å²) >= 11 is 3.45. The van der Waals surface area contributed by atoms with E-state index in [0.29, 0.717) is 11.9 Å². The van der Waals surface area contributed by atoms with Gasteiger partial charge in [-0.05, 0) is 50.6 Å². The second-order valence-corrected chi connectivity index (χ2v) is 7.79. The van der Waals surface area contributed by atoms with Gasteiger partial charge in [-0.25, -0.2) is 4.68 Å². The second-order valence-electron chi connectivity index (χ2n) is 6.87. The minimum absolute atomic E-state index is 0.311. The molecule has 2 aliphatic rings. The molecule has 1 saturated heterocycles. The maximum absolute atomic E-state index is 10.7. The maximum atomic E-state index is 10.7. The van der Waals surface area contributed by atoms with E-state index in [2.05, 4.69) is 37.9 Å². The second kappa shape index (κ2) is 6.50. The van der Waals surface area contributed by atoms with Crippen LogP contribution >= 0.6 is 15.9 Å². The predicted octanol–water partition coefficient (Wildman–Crippen LogP) is 2.45. The fourth-order valence-electron chi connectivity index (χ4n) is 3.80. The molecule has 1 unspecified atom stereocenters. The van der Waals surface area contributed by atoms with Gasteiger partial charge in [-0.3, -0.25) is 4.90 Å². The number of rotatable bonds is 2. The molecular formula is C18H23BrN4O. The maximum Gasteiger partial charge on any atom is 0.217 e. The van der Waals surface area contributed by atoms with Gasteiger partial charge in [0.25, 0.3) is 0 Å². The molecule has 1 aromatic heterocycles. The van der Waals surface area contributed by atoms with Crippen LogP contribution in [0.15, 0.2) is 28.7 Å². The number of halogens is 1. The van der Waals surface area contributed by atoms with Crippen molar-refractivity contribution in [3.05, 3.63) is 40.0 Å². The summed E-state index contributed by atoms with van der Waals surface area (Å²) in [6.07, 6.45) is 2.98. The SMILES string of the molecule is CN1CCN(C2CCc3nn(-c4ccc(Br)cc4)c(O)c3C2)CC1. The number of hydrogen-bond acceptors (Lipinski definition) is 4. The standard InChI is InChI=1S/C18H23BrN4O/c1-21-8-10-22(11-9-21)15-6-7-17-16(12-15)18(24)23(20-17)14-4-2-13(19)3-5-14/h2-5,15,24H,6-12H2,1H3. The van der Waals surface area contributed by atoms with E-state index in [0.717, 1.165) is 66.9 Å². The van der Waals surface area contributed by atoms with Crippen LogP contribution in [0.25, 0.3) is 5.69 Å². The minimum atomic E-state index is 0.311. The van der Waals surface area contributed by atoms with Gasteiger partial charge in [0, 0.05) is 42.3 Å². The quantitative estimate of drug-likeness (QED) is 0.854. The monoisotopic (exact) mass is 390 g/mol. The van der Waals surface area contributed by atoms with Crippen LogP contribution in [0.5, 0.6) is 5.88 Å². The van der Waals surface area contributed by atoms with Crippen molar-refractivity contribution < 1.29 is 5.11 Å². The lowest BCUT2D eigenvalue weighted by Crippen LogP contribution is -2.50. The smallest absolute Gasteiger partial charge is 0.217 e. The van der Waals surface area contributed by atoms with Crippen LogP contribution in [-0.4, -0.2) is 64.0 Å². The van der Waals surface area contributed by atoms with Gasteiger partial charge in [-0.2, -0.15) is 5.10 Å². The van der Waals surface area contributed by atoms with Gasteiger partial charge < -0.3 is 10.0 Å². The van der Waals surface area contributed by atoms with E-state index in [1.165, 1.54) is 0 Å². The molecule has 6 heteroatoms. The highest BCUT2D eigenvalue weighted by Gasteiger charge is 2.31. The van der Waals surface area contributed by atoms with E-state index in [1.807, 2.05) is 24.3 Å². The van der Waals surface area contributed by atoms with Crippen LogP contribution in [-0.2, 0) is 12.8 Å². The lowest BCUT2D eigenvalue weighted by Gasteiger charge is -2.39. The first-order valence-electron chi connectivity index (χ1n) is 8.60. The Bertz CT molecular complexity index is 719. The molecule has 1 fully saturated rings. The van der Waals surface area contributed by atoms with E-state index in [1.54, 1.807) is 4.68 Å². The number of aromatic hydroxyl groups is 1. The zero-order valence-electron chi connectivity index (χ0n) is 14.0. The van der Waals surface area contributed by atoms with Crippen LogP contribution < -0.4 is 0 Å². The van der Waals surface area contributed by atoms with Crippen molar-refractivity contribution in [3.8, 4) is 11.6 Å². The van der Waals surface area contributed by atoms with Gasteiger partial charge in [0.2, 0.25) is 5.88 Å². The fourth-order valence-corrected chi connectivity index (χ4v) is 4.06. The molecule has 0 amide bonds. The molecule has 2 aromatic rings. The number of fused-ring (bicyclic) bond motifs is 1. The van der Waals surface area contributed by atoms with E-state index >= 15 is 0 Å². The average molecular weight is 391 g/mol. The topological polar surface area (TPSA) is 44.5 Å². The molecule has 24 heavy (non-hydrogen) atoms. The lowest BCUT2D eigenvalue weighted by atomic mass is 9.91. The summed E-state index contributed by atoms with van der Waals surface area (Å²) in [4.78, 5) is 4.97. The Morgan fingerprint density at radius 2 is 1.83 bits per heavy atom. The summed E-state index contributed by atoms with van der Waals surface area (Å²) in [7, 11) is 2.18.